The van der Waals surface area contributed by atoms with Crippen molar-refractivity contribution in [3.63, 3.8) is 0 Å². The summed E-state index contributed by atoms with van der Waals surface area (Å²) in [5.41, 5.74) is 2.55. The van der Waals surface area contributed by atoms with Crippen molar-refractivity contribution in [3.05, 3.63) is 81.7 Å². The van der Waals surface area contributed by atoms with Gasteiger partial charge in [0.05, 0.1) is 17.4 Å². The summed E-state index contributed by atoms with van der Waals surface area (Å²) in [6.45, 7) is 3.85. The average Bonchev–Trinajstić information content (AvgIpc) is 2.90. The average molecular weight is 548 g/mol. The molecule has 0 amide bonds. The van der Waals surface area contributed by atoms with Crippen LogP contribution >= 0.6 is 22.9 Å². The molecule has 5 rings (SSSR count). The minimum Gasteiger partial charge on any atom is -0.480 e. The molecular formula is C28H26ClN5O3S. The van der Waals surface area contributed by atoms with Gasteiger partial charge in [0.2, 0.25) is 0 Å². The Morgan fingerprint density at radius 1 is 1.03 bits per heavy atom. The molecule has 38 heavy (non-hydrogen) atoms. The van der Waals surface area contributed by atoms with E-state index in [1.807, 2.05) is 54.3 Å². The Morgan fingerprint density at radius 3 is 2.63 bits per heavy atom. The summed E-state index contributed by atoms with van der Waals surface area (Å²) in [6.07, 6.45) is 1.47. The molecule has 0 radical (unpaired) electrons. The molecule has 5 aromatic rings. The highest BCUT2D eigenvalue weighted by Crippen LogP contribution is 2.31. The van der Waals surface area contributed by atoms with E-state index in [1.165, 1.54) is 6.33 Å². The molecular weight excluding hydrogens is 522 g/mol. The maximum absolute atomic E-state index is 13.3. The number of anilines is 2. The number of hydrogen-bond acceptors (Lipinski definition) is 8. The van der Waals surface area contributed by atoms with Crippen molar-refractivity contribution in [1.82, 2.24) is 14.9 Å². The minimum absolute atomic E-state index is 0.00510. The van der Waals surface area contributed by atoms with Crippen molar-refractivity contribution in [2.45, 2.75) is 6.92 Å². The Bertz CT molecular complexity index is 1710. The van der Waals surface area contributed by atoms with Gasteiger partial charge in [-0.2, -0.15) is 0 Å². The van der Waals surface area contributed by atoms with E-state index in [0.29, 0.717) is 47.8 Å². The van der Waals surface area contributed by atoms with E-state index in [4.69, 9.17) is 11.6 Å². The number of nitrogens with one attached hydrogen (secondary N) is 2. The zero-order chi connectivity index (χ0) is 26.6. The first-order valence-electron chi connectivity index (χ1n) is 12.2. The monoisotopic (exact) mass is 547 g/mol. The number of carbonyl (C=O) groups is 1. The first kappa shape index (κ1) is 25.8. The lowest BCUT2D eigenvalue weighted by Crippen LogP contribution is -2.37. The van der Waals surface area contributed by atoms with Crippen LogP contribution in [0.1, 0.15) is 5.56 Å². The normalized spacial score (nSPS) is 11.4. The van der Waals surface area contributed by atoms with Crippen LogP contribution in [0.15, 0.2) is 65.7 Å². The van der Waals surface area contributed by atoms with E-state index in [0.717, 1.165) is 31.6 Å². The molecule has 0 aliphatic heterocycles. The van der Waals surface area contributed by atoms with Gasteiger partial charge >= 0.3 is 5.97 Å². The van der Waals surface area contributed by atoms with Crippen molar-refractivity contribution < 1.29 is 9.90 Å². The fraction of sp³-hybridized carbons (Fsp3) is 0.214. The summed E-state index contributed by atoms with van der Waals surface area (Å²) in [4.78, 5) is 35.3. The fourth-order valence-corrected chi connectivity index (χ4v) is 5.83. The summed E-state index contributed by atoms with van der Waals surface area (Å²) in [5, 5.41) is 18.9. The third-order valence-electron chi connectivity index (χ3n) is 6.35. The van der Waals surface area contributed by atoms with Crippen LogP contribution in [0.2, 0.25) is 5.02 Å². The molecule has 0 atom stereocenters. The lowest BCUT2D eigenvalue weighted by atomic mass is 10.1. The zero-order valence-electron chi connectivity index (χ0n) is 20.7. The molecule has 10 heteroatoms. The van der Waals surface area contributed by atoms with Crippen LogP contribution in [0.4, 0.5) is 11.5 Å². The standard InChI is InChI=1S/C28H26ClN5O3S/c1-17-6-9-21(25-26(37)20-4-2-3-5-23(20)38-27(17)25)30-10-12-34(15-24(35)36)13-11-31-28-19-8-7-18(29)14-22(19)32-16-33-28/h2-9,14,16,30H,10-13,15H2,1H3,(H,35,36)(H,31,32,33). The number of benzene rings is 3. The maximum atomic E-state index is 13.3. The van der Waals surface area contributed by atoms with Gasteiger partial charge in [0.25, 0.3) is 0 Å². The number of carboxylic acid groups (broad SMARTS) is 1. The van der Waals surface area contributed by atoms with Gasteiger partial charge in [0.1, 0.15) is 12.1 Å². The molecule has 194 valence electrons. The largest absolute Gasteiger partial charge is 0.480 e. The summed E-state index contributed by atoms with van der Waals surface area (Å²) < 4.78 is 1.92. The van der Waals surface area contributed by atoms with Gasteiger partial charge in [-0.3, -0.25) is 14.5 Å². The fourth-order valence-electron chi connectivity index (χ4n) is 4.49. The second-order valence-corrected chi connectivity index (χ2v) is 10.5. The molecule has 8 nitrogen and oxygen atoms in total. The van der Waals surface area contributed by atoms with Gasteiger partial charge < -0.3 is 15.7 Å². The lowest BCUT2D eigenvalue weighted by molar-refractivity contribution is -0.138. The molecule has 0 saturated carbocycles. The number of fused-ring (bicyclic) bond motifs is 3. The molecule has 0 aliphatic carbocycles. The van der Waals surface area contributed by atoms with Crippen molar-refractivity contribution in [3.8, 4) is 0 Å². The molecule has 3 aromatic carbocycles. The number of halogens is 1. The minimum atomic E-state index is -0.900. The Morgan fingerprint density at radius 2 is 1.82 bits per heavy atom. The van der Waals surface area contributed by atoms with E-state index < -0.39 is 5.97 Å². The maximum Gasteiger partial charge on any atom is 0.317 e. The molecule has 0 bridgehead atoms. The summed E-state index contributed by atoms with van der Waals surface area (Å²) in [7, 11) is 0. The number of aryl methyl sites for hydroxylation is 1. The van der Waals surface area contributed by atoms with E-state index in [-0.39, 0.29) is 12.0 Å². The van der Waals surface area contributed by atoms with Crippen molar-refractivity contribution in [2.75, 3.05) is 43.4 Å². The summed E-state index contributed by atoms with van der Waals surface area (Å²) in [5.74, 6) is -0.231. The van der Waals surface area contributed by atoms with Gasteiger partial charge in [-0.15, -0.1) is 11.3 Å². The van der Waals surface area contributed by atoms with Crippen LogP contribution in [0.25, 0.3) is 31.1 Å². The van der Waals surface area contributed by atoms with Crippen LogP contribution in [-0.4, -0.2) is 58.7 Å². The second kappa shape index (κ2) is 11.3. The first-order valence-corrected chi connectivity index (χ1v) is 13.4. The number of rotatable bonds is 10. The van der Waals surface area contributed by atoms with Crippen LogP contribution in [0, 0.1) is 6.92 Å². The van der Waals surface area contributed by atoms with Crippen molar-refractivity contribution in [2.24, 2.45) is 0 Å². The third-order valence-corrected chi connectivity index (χ3v) is 7.89. The predicted octanol–water partition coefficient (Wildman–Crippen LogP) is 5.23. The number of carboxylic acids is 1. The van der Waals surface area contributed by atoms with Gasteiger partial charge in [0, 0.05) is 57.1 Å². The molecule has 0 unspecified atom stereocenters. The predicted molar refractivity (Wildman–Crippen MR) is 156 cm³/mol. The van der Waals surface area contributed by atoms with Crippen molar-refractivity contribution >= 4 is 71.5 Å². The molecule has 2 heterocycles. The molecule has 0 saturated heterocycles. The van der Waals surface area contributed by atoms with Gasteiger partial charge in [-0.1, -0.05) is 29.8 Å². The summed E-state index contributed by atoms with van der Waals surface area (Å²) in [6, 6.07) is 17.0. The third kappa shape index (κ3) is 5.55. The Hall–Kier alpha value is -3.79. The number of nitrogens with zero attached hydrogens (tertiary/aromatic N) is 3. The topological polar surface area (TPSA) is 107 Å². The van der Waals surface area contributed by atoms with E-state index >= 15 is 0 Å². The Labute approximate surface area is 227 Å². The van der Waals surface area contributed by atoms with E-state index in [1.54, 1.807) is 23.5 Å². The van der Waals surface area contributed by atoms with Crippen molar-refractivity contribution in [1.29, 1.82) is 0 Å². The van der Waals surface area contributed by atoms with E-state index in [9.17, 15) is 14.7 Å². The highest BCUT2D eigenvalue weighted by molar-refractivity contribution is 7.24. The van der Waals surface area contributed by atoms with Crippen LogP contribution < -0.4 is 16.1 Å². The van der Waals surface area contributed by atoms with Crippen LogP contribution in [0.3, 0.4) is 0 Å². The SMILES string of the molecule is Cc1ccc(NCCN(CCNc2ncnc3cc(Cl)ccc23)CC(=O)O)c2c(=O)c3ccccc3sc12. The molecule has 0 aliphatic rings. The van der Waals surface area contributed by atoms with Crippen LogP contribution in [0.5, 0.6) is 0 Å². The molecule has 0 spiro atoms. The highest BCUT2D eigenvalue weighted by atomic mass is 35.5. The van der Waals surface area contributed by atoms with Crippen LogP contribution in [-0.2, 0) is 4.79 Å². The Balaban J connectivity index is 1.28. The smallest absolute Gasteiger partial charge is 0.317 e. The zero-order valence-corrected chi connectivity index (χ0v) is 22.3. The number of aliphatic carboxylic acids is 1. The molecule has 0 fully saturated rings. The second-order valence-electron chi connectivity index (χ2n) is 8.97. The summed E-state index contributed by atoms with van der Waals surface area (Å²) >= 11 is 7.68. The highest BCUT2D eigenvalue weighted by Gasteiger charge is 2.14. The first-order chi connectivity index (χ1) is 18.4. The van der Waals surface area contributed by atoms with Gasteiger partial charge in [-0.05, 0) is 48.9 Å². The number of aromatic nitrogens is 2. The molecule has 3 N–H and O–H groups in total. The van der Waals surface area contributed by atoms with E-state index in [2.05, 4.69) is 20.6 Å². The Kier molecular flexibility index (Phi) is 7.69. The lowest BCUT2D eigenvalue weighted by Gasteiger charge is -2.21. The van der Waals surface area contributed by atoms with Gasteiger partial charge in [-0.25, -0.2) is 9.97 Å². The van der Waals surface area contributed by atoms with Gasteiger partial charge in [0.15, 0.2) is 5.43 Å². The molecule has 2 aromatic heterocycles. The number of hydrogen-bond donors (Lipinski definition) is 3. The quantitative estimate of drug-likeness (QED) is 0.204.